The predicted octanol–water partition coefficient (Wildman–Crippen LogP) is 3.74. The smallest absolute Gasteiger partial charge is 0.229 e. The molecule has 3 rings (SSSR count). The molecule has 27 heavy (non-hydrogen) atoms. The first-order valence-corrected chi connectivity index (χ1v) is 9.08. The second-order valence-corrected chi connectivity index (χ2v) is 6.58. The number of nitrogens with one attached hydrogen (secondary N) is 1. The molecule has 1 aliphatic rings. The van der Waals surface area contributed by atoms with E-state index in [1.54, 1.807) is 23.1 Å². The second-order valence-electron chi connectivity index (χ2n) is 6.14. The van der Waals surface area contributed by atoms with Gasteiger partial charge in [0.2, 0.25) is 11.8 Å². The quantitative estimate of drug-likeness (QED) is 0.818. The minimum absolute atomic E-state index is 0.111. The van der Waals surface area contributed by atoms with Crippen LogP contribution >= 0.6 is 11.6 Å². The predicted molar refractivity (Wildman–Crippen MR) is 105 cm³/mol. The van der Waals surface area contributed by atoms with Gasteiger partial charge in [0.15, 0.2) is 0 Å². The molecule has 1 heterocycles. The molecule has 1 aliphatic heterocycles. The molecule has 0 spiro atoms. The number of nitrogens with zero attached hydrogens (tertiary/aromatic N) is 1. The van der Waals surface area contributed by atoms with Crippen LogP contribution in [0, 0.1) is 5.92 Å². The van der Waals surface area contributed by atoms with E-state index in [1.807, 2.05) is 31.2 Å². The fourth-order valence-corrected chi connectivity index (χ4v) is 3.26. The van der Waals surface area contributed by atoms with Gasteiger partial charge in [-0.25, -0.2) is 0 Å². The van der Waals surface area contributed by atoms with Gasteiger partial charge >= 0.3 is 0 Å². The van der Waals surface area contributed by atoms with Crippen LogP contribution in [0.15, 0.2) is 42.5 Å². The molecular formula is C20H21ClN2O4. The molecular weight excluding hydrogens is 368 g/mol. The Balaban J connectivity index is 1.76. The van der Waals surface area contributed by atoms with Crippen molar-refractivity contribution in [3.05, 3.63) is 47.5 Å². The van der Waals surface area contributed by atoms with E-state index in [0.29, 0.717) is 34.5 Å². The zero-order chi connectivity index (χ0) is 19.4. The Labute approximate surface area is 163 Å². The molecule has 2 aromatic rings. The van der Waals surface area contributed by atoms with E-state index in [2.05, 4.69) is 5.32 Å². The van der Waals surface area contributed by atoms with Crippen molar-refractivity contribution in [3.8, 4) is 11.5 Å². The topological polar surface area (TPSA) is 67.9 Å². The lowest BCUT2D eigenvalue weighted by atomic mass is 10.1. The van der Waals surface area contributed by atoms with Gasteiger partial charge in [-0.15, -0.1) is 0 Å². The maximum atomic E-state index is 12.7. The maximum Gasteiger partial charge on any atom is 0.229 e. The summed E-state index contributed by atoms with van der Waals surface area (Å²) in [6.45, 7) is 2.67. The number of carbonyl (C=O) groups excluding carboxylic acids is 2. The SMILES string of the molecule is CCOc1ccccc1N1C[C@@H](C(=O)Nc2cc(Cl)ccc2OC)CC1=O. The van der Waals surface area contributed by atoms with Gasteiger partial charge in [-0.3, -0.25) is 9.59 Å². The van der Waals surface area contributed by atoms with Crippen LogP contribution in [0.1, 0.15) is 13.3 Å². The molecule has 1 fully saturated rings. The molecule has 0 unspecified atom stereocenters. The summed E-state index contributed by atoms with van der Waals surface area (Å²) in [6.07, 6.45) is 0.134. The minimum atomic E-state index is -0.476. The van der Waals surface area contributed by atoms with Crippen LogP contribution in [0.3, 0.4) is 0 Å². The molecule has 2 aromatic carbocycles. The fraction of sp³-hybridized carbons (Fsp3) is 0.300. The number of amides is 2. The number of rotatable bonds is 6. The molecule has 0 aromatic heterocycles. The number of para-hydroxylation sites is 2. The van der Waals surface area contributed by atoms with Crippen LogP contribution in [-0.4, -0.2) is 32.1 Å². The van der Waals surface area contributed by atoms with Crippen molar-refractivity contribution >= 4 is 34.8 Å². The summed E-state index contributed by atoms with van der Waals surface area (Å²) in [6, 6.07) is 12.3. The Bertz CT molecular complexity index is 856. The molecule has 1 saturated heterocycles. The van der Waals surface area contributed by atoms with Crippen LogP contribution in [0.25, 0.3) is 0 Å². The van der Waals surface area contributed by atoms with Gasteiger partial charge in [-0.2, -0.15) is 0 Å². The summed E-state index contributed by atoms with van der Waals surface area (Å²) in [5.74, 6) is 0.304. The number of anilines is 2. The van der Waals surface area contributed by atoms with Crippen molar-refractivity contribution in [2.45, 2.75) is 13.3 Å². The molecule has 142 valence electrons. The van der Waals surface area contributed by atoms with Crippen LogP contribution < -0.4 is 19.7 Å². The summed E-state index contributed by atoms with van der Waals surface area (Å²) in [5.41, 5.74) is 1.16. The zero-order valence-electron chi connectivity index (χ0n) is 15.2. The van der Waals surface area contributed by atoms with Crippen LogP contribution in [0.2, 0.25) is 5.02 Å². The van der Waals surface area contributed by atoms with Gasteiger partial charge in [-0.1, -0.05) is 23.7 Å². The van der Waals surface area contributed by atoms with E-state index in [0.717, 1.165) is 0 Å². The molecule has 0 bridgehead atoms. The number of hydrogen-bond acceptors (Lipinski definition) is 4. The standard InChI is InChI=1S/C20H21ClN2O4/c1-3-27-18-7-5-4-6-16(18)23-12-13(10-19(23)24)20(25)22-15-11-14(21)8-9-17(15)26-2/h4-9,11,13H,3,10,12H2,1-2H3,(H,22,25)/t13-/m0/s1. The third kappa shape index (κ3) is 4.17. The Morgan fingerprint density at radius 3 is 2.78 bits per heavy atom. The highest BCUT2D eigenvalue weighted by Gasteiger charge is 2.36. The zero-order valence-corrected chi connectivity index (χ0v) is 16.0. The van der Waals surface area contributed by atoms with Crippen LogP contribution in [0.5, 0.6) is 11.5 Å². The number of methoxy groups -OCH3 is 1. The number of carbonyl (C=O) groups is 2. The van der Waals surface area contributed by atoms with Gasteiger partial charge in [-0.05, 0) is 37.3 Å². The van der Waals surface area contributed by atoms with Gasteiger partial charge in [0, 0.05) is 18.0 Å². The highest BCUT2D eigenvalue weighted by Crippen LogP contribution is 2.34. The van der Waals surface area contributed by atoms with Gasteiger partial charge in [0.25, 0.3) is 0 Å². The van der Waals surface area contributed by atoms with Crippen molar-refractivity contribution < 1.29 is 19.1 Å². The summed E-state index contributed by atoms with van der Waals surface area (Å²) in [7, 11) is 1.52. The van der Waals surface area contributed by atoms with Crippen molar-refractivity contribution in [1.82, 2.24) is 0 Å². The third-order valence-electron chi connectivity index (χ3n) is 4.37. The highest BCUT2D eigenvalue weighted by molar-refractivity contribution is 6.31. The summed E-state index contributed by atoms with van der Waals surface area (Å²) in [5, 5.41) is 3.30. The normalized spacial score (nSPS) is 16.3. The van der Waals surface area contributed by atoms with E-state index in [9.17, 15) is 9.59 Å². The van der Waals surface area contributed by atoms with E-state index in [-0.39, 0.29) is 24.8 Å². The van der Waals surface area contributed by atoms with Crippen molar-refractivity contribution in [1.29, 1.82) is 0 Å². The van der Waals surface area contributed by atoms with Crippen LogP contribution in [0.4, 0.5) is 11.4 Å². The molecule has 2 amide bonds. The second kappa shape index (κ2) is 8.31. The molecule has 1 N–H and O–H groups in total. The monoisotopic (exact) mass is 388 g/mol. The average molecular weight is 389 g/mol. The largest absolute Gasteiger partial charge is 0.495 e. The number of hydrogen-bond donors (Lipinski definition) is 1. The first-order valence-electron chi connectivity index (χ1n) is 8.70. The summed E-state index contributed by atoms with van der Waals surface area (Å²) in [4.78, 5) is 26.8. The maximum absolute atomic E-state index is 12.7. The van der Waals surface area contributed by atoms with Crippen molar-refractivity contribution in [3.63, 3.8) is 0 Å². The van der Waals surface area contributed by atoms with E-state index < -0.39 is 5.92 Å². The molecule has 7 heteroatoms. The molecule has 0 radical (unpaired) electrons. The van der Waals surface area contributed by atoms with Crippen LogP contribution in [-0.2, 0) is 9.59 Å². The van der Waals surface area contributed by atoms with E-state index >= 15 is 0 Å². The Hall–Kier alpha value is -2.73. The number of benzene rings is 2. The van der Waals surface area contributed by atoms with Gasteiger partial charge in [0.05, 0.1) is 31.0 Å². The Morgan fingerprint density at radius 2 is 2.04 bits per heavy atom. The lowest BCUT2D eigenvalue weighted by Gasteiger charge is -2.20. The van der Waals surface area contributed by atoms with Gasteiger partial charge < -0.3 is 19.7 Å². The first-order chi connectivity index (χ1) is 13.0. The molecule has 6 nitrogen and oxygen atoms in total. The first kappa shape index (κ1) is 19.0. The molecule has 0 aliphatic carbocycles. The van der Waals surface area contributed by atoms with Gasteiger partial charge in [0.1, 0.15) is 11.5 Å². The number of halogens is 1. The summed E-state index contributed by atoms with van der Waals surface area (Å²) >= 11 is 6.01. The lowest BCUT2D eigenvalue weighted by molar-refractivity contribution is -0.122. The highest BCUT2D eigenvalue weighted by atomic mass is 35.5. The van der Waals surface area contributed by atoms with E-state index in [4.69, 9.17) is 21.1 Å². The van der Waals surface area contributed by atoms with Crippen molar-refractivity contribution in [2.24, 2.45) is 5.92 Å². The molecule has 1 atom stereocenters. The fourth-order valence-electron chi connectivity index (χ4n) is 3.09. The minimum Gasteiger partial charge on any atom is -0.495 e. The Morgan fingerprint density at radius 1 is 1.26 bits per heavy atom. The number of ether oxygens (including phenoxy) is 2. The lowest BCUT2D eigenvalue weighted by Crippen LogP contribution is -2.28. The Kier molecular flexibility index (Phi) is 5.86. The summed E-state index contributed by atoms with van der Waals surface area (Å²) < 4.78 is 10.9. The molecule has 0 saturated carbocycles. The van der Waals surface area contributed by atoms with Crippen molar-refractivity contribution in [2.75, 3.05) is 30.5 Å². The third-order valence-corrected chi connectivity index (χ3v) is 4.61. The average Bonchev–Trinajstić information content (AvgIpc) is 3.04. The van der Waals surface area contributed by atoms with E-state index in [1.165, 1.54) is 7.11 Å².